The lowest BCUT2D eigenvalue weighted by molar-refractivity contribution is 0.102. The number of amides is 2. The van der Waals surface area contributed by atoms with Gasteiger partial charge in [0.05, 0.1) is 5.01 Å². The van der Waals surface area contributed by atoms with Crippen LogP contribution in [0.4, 0.5) is 15.5 Å². The van der Waals surface area contributed by atoms with Crippen LogP contribution in [0.25, 0.3) is 0 Å². The predicted molar refractivity (Wildman–Crippen MR) is 75.4 cm³/mol. The molecule has 20 heavy (non-hydrogen) atoms. The van der Waals surface area contributed by atoms with Gasteiger partial charge in [-0.05, 0) is 26.0 Å². The van der Waals surface area contributed by atoms with Crippen LogP contribution >= 0.6 is 11.3 Å². The summed E-state index contributed by atoms with van der Waals surface area (Å²) >= 11 is 1.11. The zero-order valence-electron chi connectivity index (χ0n) is 10.8. The zero-order valence-corrected chi connectivity index (χ0v) is 11.6. The smallest absolute Gasteiger partial charge is 0.409 e. The van der Waals surface area contributed by atoms with E-state index in [1.54, 1.807) is 32.2 Å². The molecule has 3 N–H and O–H groups in total. The second-order valence-electron chi connectivity index (χ2n) is 3.98. The highest BCUT2D eigenvalue weighted by Gasteiger charge is 2.18. The van der Waals surface area contributed by atoms with Gasteiger partial charge in [-0.25, -0.2) is 9.78 Å². The number of carbonyl (C=O) groups is 2. The summed E-state index contributed by atoms with van der Waals surface area (Å²) in [7, 11) is 0. The number of aryl methyl sites for hydroxylation is 2. The predicted octanol–water partition coefficient (Wildman–Crippen LogP) is 2.50. The molecule has 0 aliphatic carbocycles. The van der Waals surface area contributed by atoms with Crippen LogP contribution in [0, 0.1) is 13.8 Å². The van der Waals surface area contributed by atoms with Gasteiger partial charge in [0.25, 0.3) is 5.91 Å². The lowest BCUT2D eigenvalue weighted by atomic mass is 10.3. The Labute approximate surface area is 118 Å². The lowest BCUT2D eigenvalue weighted by Crippen LogP contribution is -2.16. The number of carbonyl (C=O) groups excluding carboxylic acids is 1. The summed E-state index contributed by atoms with van der Waals surface area (Å²) in [5.41, 5.74) is 1.40. The Balaban J connectivity index is 2.23. The number of carboxylic acid groups (broad SMARTS) is 1. The first-order valence-corrected chi connectivity index (χ1v) is 6.48. The Bertz CT molecular complexity index is 668. The van der Waals surface area contributed by atoms with Crippen molar-refractivity contribution in [1.29, 1.82) is 0 Å². The van der Waals surface area contributed by atoms with Crippen molar-refractivity contribution in [2.75, 3.05) is 10.6 Å². The molecule has 0 radical (unpaired) electrons. The molecule has 0 saturated heterocycles. The lowest BCUT2D eigenvalue weighted by Gasteiger charge is -2.05. The van der Waals surface area contributed by atoms with E-state index in [9.17, 15) is 9.59 Å². The van der Waals surface area contributed by atoms with Crippen LogP contribution in [0.2, 0.25) is 0 Å². The third-order valence-electron chi connectivity index (χ3n) is 2.32. The van der Waals surface area contributed by atoms with Gasteiger partial charge >= 0.3 is 6.09 Å². The number of nitrogens with one attached hydrogen (secondary N) is 2. The summed E-state index contributed by atoms with van der Waals surface area (Å²) in [6.07, 6.45) is 0.343. The van der Waals surface area contributed by atoms with Crippen molar-refractivity contribution in [3.8, 4) is 0 Å². The van der Waals surface area contributed by atoms with E-state index < -0.39 is 12.0 Å². The second kappa shape index (κ2) is 5.66. The number of rotatable bonds is 3. The monoisotopic (exact) mass is 292 g/mol. The van der Waals surface area contributed by atoms with Gasteiger partial charge in [-0.3, -0.25) is 15.1 Å². The molecule has 104 valence electrons. The van der Waals surface area contributed by atoms with Gasteiger partial charge in [0.15, 0.2) is 5.69 Å². The first-order chi connectivity index (χ1) is 9.45. The van der Waals surface area contributed by atoms with Crippen molar-refractivity contribution < 1.29 is 14.7 Å². The summed E-state index contributed by atoms with van der Waals surface area (Å²) < 4.78 is 0. The molecule has 0 fully saturated rings. The quantitative estimate of drug-likeness (QED) is 0.806. The third-order valence-corrected chi connectivity index (χ3v) is 3.21. The van der Waals surface area contributed by atoms with Crippen molar-refractivity contribution >= 4 is 34.0 Å². The number of hydrogen-bond donors (Lipinski definition) is 3. The summed E-state index contributed by atoms with van der Waals surface area (Å²) in [6, 6.07) is 3.36. The minimum Gasteiger partial charge on any atom is -0.465 e. The van der Waals surface area contributed by atoms with Gasteiger partial charge in [0, 0.05) is 17.6 Å². The van der Waals surface area contributed by atoms with Gasteiger partial charge in [-0.2, -0.15) is 0 Å². The minimum absolute atomic E-state index is 0.0596. The fourth-order valence-electron chi connectivity index (χ4n) is 1.58. The van der Waals surface area contributed by atoms with Crippen LogP contribution in [0.15, 0.2) is 18.3 Å². The highest BCUT2D eigenvalue weighted by molar-refractivity contribution is 7.16. The van der Waals surface area contributed by atoms with E-state index in [2.05, 4.69) is 20.6 Å². The molecule has 2 heterocycles. The Morgan fingerprint density at radius 2 is 2.05 bits per heavy atom. The molecule has 0 unspecified atom stereocenters. The van der Waals surface area contributed by atoms with Crippen molar-refractivity contribution in [1.82, 2.24) is 9.97 Å². The van der Waals surface area contributed by atoms with Gasteiger partial charge in [-0.1, -0.05) is 0 Å². The van der Waals surface area contributed by atoms with E-state index in [-0.39, 0.29) is 10.7 Å². The molecule has 0 spiro atoms. The Morgan fingerprint density at radius 3 is 2.70 bits per heavy atom. The summed E-state index contributed by atoms with van der Waals surface area (Å²) in [4.78, 5) is 30.9. The summed E-state index contributed by atoms with van der Waals surface area (Å²) in [5.74, 6) is -0.469. The zero-order chi connectivity index (χ0) is 14.7. The maximum atomic E-state index is 12.1. The van der Waals surface area contributed by atoms with E-state index in [0.29, 0.717) is 10.7 Å². The molecular formula is C12H12N4O3S. The molecule has 2 amide bonds. The molecule has 0 atom stereocenters. The SMILES string of the molecule is Cc1cc(NC(=O)c2nc(C)sc2NC(=O)O)ccn1. The molecule has 0 aliphatic rings. The molecule has 2 aromatic heterocycles. The molecule has 0 saturated carbocycles. The third kappa shape index (κ3) is 3.29. The molecule has 2 rings (SSSR count). The largest absolute Gasteiger partial charge is 0.465 e. The molecule has 0 aliphatic heterocycles. The maximum Gasteiger partial charge on any atom is 0.409 e. The van der Waals surface area contributed by atoms with Gasteiger partial charge in [0.1, 0.15) is 5.00 Å². The second-order valence-corrected chi connectivity index (χ2v) is 5.18. The molecule has 8 heteroatoms. The Morgan fingerprint density at radius 1 is 1.30 bits per heavy atom. The number of thiazole rings is 1. The number of hydrogen-bond acceptors (Lipinski definition) is 5. The standard InChI is InChI=1S/C12H12N4O3S/c1-6-5-8(3-4-13-6)15-10(17)9-11(16-12(18)19)20-7(2)14-9/h3-5,16H,1-2H3,(H,18,19)(H,13,15,17). The van der Waals surface area contributed by atoms with Gasteiger partial charge in [-0.15, -0.1) is 11.3 Å². The van der Waals surface area contributed by atoms with E-state index in [1.165, 1.54) is 0 Å². The minimum atomic E-state index is -1.23. The topological polar surface area (TPSA) is 104 Å². The summed E-state index contributed by atoms with van der Waals surface area (Å²) in [5, 5.41) is 14.4. The van der Waals surface area contributed by atoms with Gasteiger partial charge in [0.2, 0.25) is 0 Å². The normalized spacial score (nSPS) is 10.1. The highest BCUT2D eigenvalue weighted by Crippen LogP contribution is 2.25. The fraction of sp³-hybridized carbons (Fsp3) is 0.167. The molecule has 7 nitrogen and oxygen atoms in total. The maximum absolute atomic E-state index is 12.1. The average Bonchev–Trinajstić information content (AvgIpc) is 2.69. The molecular weight excluding hydrogens is 280 g/mol. The van der Waals surface area contributed by atoms with Crippen LogP contribution in [0.5, 0.6) is 0 Å². The number of aromatic nitrogens is 2. The number of nitrogens with zero attached hydrogens (tertiary/aromatic N) is 2. The fourth-order valence-corrected chi connectivity index (χ4v) is 2.38. The van der Waals surface area contributed by atoms with E-state index in [0.717, 1.165) is 17.0 Å². The number of anilines is 2. The highest BCUT2D eigenvalue weighted by atomic mass is 32.1. The van der Waals surface area contributed by atoms with Crippen LogP contribution in [-0.4, -0.2) is 27.1 Å². The van der Waals surface area contributed by atoms with Crippen molar-refractivity contribution in [2.24, 2.45) is 0 Å². The molecule has 0 aromatic carbocycles. The van der Waals surface area contributed by atoms with Gasteiger partial charge < -0.3 is 10.4 Å². The van der Waals surface area contributed by atoms with Crippen LogP contribution in [0.3, 0.4) is 0 Å². The van der Waals surface area contributed by atoms with E-state index in [4.69, 9.17) is 5.11 Å². The van der Waals surface area contributed by atoms with Crippen molar-refractivity contribution in [3.05, 3.63) is 34.7 Å². The van der Waals surface area contributed by atoms with E-state index in [1.807, 2.05) is 0 Å². The Kier molecular flexibility index (Phi) is 3.94. The summed E-state index contributed by atoms with van der Waals surface area (Å²) in [6.45, 7) is 3.51. The van der Waals surface area contributed by atoms with Crippen LogP contribution < -0.4 is 10.6 Å². The number of pyridine rings is 1. The Hall–Kier alpha value is -2.48. The molecule has 2 aromatic rings. The van der Waals surface area contributed by atoms with Crippen LogP contribution in [-0.2, 0) is 0 Å². The first-order valence-electron chi connectivity index (χ1n) is 5.67. The van der Waals surface area contributed by atoms with Crippen LogP contribution in [0.1, 0.15) is 21.2 Å². The average molecular weight is 292 g/mol. The first kappa shape index (κ1) is 13.9. The van der Waals surface area contributed by atoms with E-state index >= 15 is 0 Å². The van der Waals surface area contributed by atoms with Crippen molar-refractivity contribution in [2.45, 2.75) is 13.8 Å². The molecule has 0 bridgehead atoms. The van der Waals surface area contributed by atoms with Crippen molar-refractivity contribution in [3.63, 3.8) is 0 Å².